The highest BCUT2D eigenvalue weighted by Gasteiger charge is 2.28. The minimum atomic E-state index is -0.0929. The van der Waals surface area contributed by atoms with Crippen LogP contribution in [-0.4, -0.2) is 59.7 Å². The van der Waals surface area contributed by atoms with Crippen LogP contribution in [0.3, 0.4) is 0 Å². The summed E-state index contributed by atoms with van der Waals surface area (Å²) in [5.41, 5.74) is 2.19. The number of carbonyl (C=O) groups excluding carboxylic acids is 1. The maximum atomic E-state index is 12.0. The monoisotopic (exact) mass is 371 g/mol. The number of ether oxygens (including phenoxy) is 1. The second-order valence-electron chi connectivity index (χ2n) is 6.79. The molecule has 3 rings (SSSR count). The highest BCUT2D eigenvalue weighted by molar-refractivity contribution is 5.81. The summed E-state index contributed by atoms with van der Waals surface area (Å²) in [6.07, 6.45) is 4.73. The second kappa shape index (κ2) is 9.39. The first-order valence-electron chi connectivity index (χ1n) is 9.75. The van der Waals surface area contributed by atoms with Crippen molar-refractivity contribution in [2.45, 2.75) is 32.7 Å². The normalized spacial score (nSPS) is 17.9. The van der Waals surface area contributed by atoms with E-state index in [9.17, 15) is 4.79 Å². The molecule has 0 saturated carbocycles. The van der Waals surface area contributed by atoms with Gasteiger partial charge in [0.1, 0.15) is 0 Å². The molecule has 1 aliphatic heterocycles. The van der Waals surface area contributed by atoms with Gasteiger partial charge < -0.3 is 19.5 Å². The molecular weight excluding hydrogens is 342 g/mol. The van der Waals surface area contributed by atoms with Gasteiger partial charge in [0.05, 0.1) is 29.9 Å². The lowest BCUT2D eigenvalue weighted by molar-refractivity contribution is -0.149. The quantitative estimate of drug-likeness (QED) is 0.365. The summed E-state index contributed by atoms with van der Waals surface area (Å²) in [6.45, 7) is 5.59. The van der Waals surface area contributed by atoms with Gasteiger partial charge >= 0.3 is 5.97 Å². The maximum Gasteiger partial charge on any atom is 0.310 e. The van der Waals surface area contributed by atoms with Crippen molar-refractivity contribution in [2.24, 2.45) is 10.9 Å². The van der Waals surface area contributed by atoms with Crippen LogP contribution in [0.5, 0.6) is 0 Å². The molecule has 2 aromatic rings. The molecule has 1 unspecified atom stereocenters. The fraction of sp³-hybridized carbons (Fsp3) is 0.550. The number of nitrogens with zero attached hydrogens (tertiary/aromatic N) is 4. The van der Waals surface area contributed by atoms with Crippen molar-refractivity contribution >= 4 is 23.0 Å². The molecule has 0 amide bonds. The fourth-order valence-electron chi connectivity index (χ4n) is 3.59. The molecule has 1 aromatic carbocycles. The summed E-state index contributed by atoms with van der Waals surface area (Å²) in [4.78, 5) is 23.0. The molecule has 1 N–H and O–H groups in total. The molecule has 0 radical (unpaired) electrons. The van der Waals surface area contributed by atoms with Gasteiger partial charge in [-0.15, -0.1) is 0 Å². The van der Waals surface area contributed by atoms with E-state index in [2.05, 4.69) is 30.8 Å². The number of likely N-dealkylation sites (tertiary alicyclic amines) is 1. The van der Waals surface area contributed by atoms with Crippen LogP contribution in [0.4, 0.5) is 0 Å². The Balaban J connectivity index is 1.48. The summed E-state index contributed by atoms with van der Waals surface area (Å²) in [7, 11) is 1.79. The molecule has 0 bridgehead atoms. The molecule has 1 atom stereocenters. The summed E-state index contributed by atoms with van der Waals surface area (Å²) < 4.78 is 7.36. The number of piperidine rings is 1. The molecule has 0 aliphatic carbocycles. The van der Waals surface area contributed by atoms with Crippen LogP contribution < -0.4 is 5.32 Å². The molecule has 2 heterocycles. The Kier molecular flexibility index (Phi) is 6.68. The van der Waals surface area contributed by atoms with E-state index < -0.39 is 0 Å². The van der Waals surface area contributed by atoms with Gasteiger partial charge in [-0.05, 0) is 38.3 Å². The van der Waals surface area contributed by atoms with Crippen LogP contribution in [0.25, 0.3) is 11.0 Å². The van der Waals surface area contributed by atoms with E-state index in [0.717, 1.165) is 55.9 Å². The number of aliphatic imine (C=N–C) groups is 1. The number of carbonyl (C=O) groups is 1. The smallest absolute Gasteiger partial charge is 0.310 e. The molecule has 1 fully saturated rings. The number of para-hydroxylation sites is 2. The zero-order valence-corrected chi connectivity index (χ0v) is 16.2. The summed E-state index contributed by atoms with van der Waals surface area (Å²) in [5.74, 6) is 0.707. The number of aromatic nitrogens is 2. The van der Waals surface area contributed by atoms with E-state index in [4.69, 9.17) is 4.74 Å². The Morgan fingerprint density at radius 1 is 1.41 bits per heavy atom. The predicted octanol–water partition coefficient (Wildman–Crippen LogP) is 2.28. The van der Waals surface area contributed by atoms with Gasteiger partial charge in [0.25, 0.3) is 0 Å². The number of hydrogen-bond donors (Lipinski definition) is 1. The number of esters is 1. The Labute approximate surface area is 160 Å². The summed E-state index contributed by atoms with van der Waals surface area (Å²) in [6, 6.07) is 8.17. The Morgan fingerprint density at radius 3 is 3.07 bits per heavy atom. The van der Waals surface area contributed by atoms with Crippen LogP contribution in [0.2, 0.25) is 0 Å². The predicted molar refractivity (Wildman–Crippen MR) is 107 cm³/mol. The first-order valence-corrected chi connectivity index (χ1v) is 9.75. The van der Waals surface area contributed by atoms with Crippen LogP contribution in [-0.2, 0) is 16.1 Å². The SMILES string of the molecule is CCOC(=O)C1CCCN(C(=NC)NCCCn2cnc3ccccc32)C1. The molecule has 0 spiro atoms. The highest BCUT2D eigenvalue weighted by atomic mass is 16.5. The lowest BCUT2D eigenvalue weighted by atomic mass is 9.98. The molecule has 27 heavy (non-hydrogen) atoms. The first kappa shape index (κ1) is 19.2. The lowest BCUT2D eigenvalue weighted by Crippen LogP contribution is -2.48. The van der Waals surface area contributed by atoms with Crippen molar-refractivity contribution in [3.63, 3.8) is 0 Å². The molecule has 1 aliphatic rings. The third-order valence-corrected chi connectivity index (χ3v) is 4.94. The molecule has 7 heteroatoms. The standard InChI is InChI=1S/C20H29N5O2/c1-3-27-19(26)16-8-6-12-24(14-16)20(21-2)22-11-7-13-25-15-23-17-9-4-5-10-18(17)25/h4-5,9-10,15-16H,3,6-8,11-14H2,1-2H3,(H,21,22). The van der Waals surface area contributed by atoms with Gasteiger partial charge in [0.2, 0.25) is 0 Å². The number of rotatable bonds is 6. The van der Waals surface area contributed by atoms with Crippen LogP contribution in [0, 0.1) is 5.92 Å². The van der Waals surface area contributed by atoms with Gasteiger partial charge in [-0.25, -0.2) is 4.98 Å². The van der Waals surface area contributed by atoms with Crippen LogP contribution in [0.15, 0.2) is 35.6 Å². The van der Waals surface area contributed by atoms with Gasteiger partial charge in [-0.1, -0.05) is 12.1 Å². The first-order chi connectivity index (χ1) is 13.2. The lowest BCUT2D eigenvalue weighted by Gasteiger charge is -2.34. The third-order valence-electron chi connectivity index (χ3n) is 4.94. The average molecular weight is 371 g/mol. The van der Waals surface area contributed by atoms with Gasteiger partial charge in [0.15, 0.2) is 5.96 Å². The number of aryl methyl sites for hydroxylation is 1. The maximum absolute atomic E-state index is 12.0. The second-order valence-corrected chi connectivity index (χ2v) is 6.79. The zero-order chi connectivity index (χ0) is 19.1. The van der Waals surface area contributed by atoms with Gasteiger partial charge in [-0.3, -0.25) is 9.79 Å². The molecule has 146 valence electrons. The number of benzene rings is 1. The minimum absolute atomic E-state index is 0.0606. The van der Waals surface area contributed by atoms with Crippen molar-refractivity contribution in [1.82, 2.24) is 19.8 Å². The number of guanidine groups is 1. The average Bonchev–Trinajstić information content (AvgIpc) is 3.11. The highest BCUT2D eigenvalue weighted by Crippen LogP contribution is 2.18. The number of fused-ring (bicyclic) bond motifs is 1. The van der Waals surface area contributed by atoms with Crippen molar-refractivity contribution < 1.29 is 9.53 Å². The van der Waals surface area contributed by atoms with Gasteiger partial charge in [0, 0.05) is 33.2 Å². The fourth-order valence-corrected chi connectivity index (χ4v) is 3.59. The molecule has 7 nitrogen and oxygen atoms in total. The van der Waals surface area contributed by atoms with Crippen LogP contribution >= 0.6 is 0 Å². The topological polar surface area (TPSA) is 71.8 Å². The third kappa shape index (κ3) is 4.78. The Hall–Kier alpha value is -2.57. The van der Waals surface area contributed by atoms with Crippen molar-refractivity contribution in [2.75, 3.05) is 33.3 Å². The number of nitrogens with one attached hydrogen (secondary N) is 1. The van der Waals surface area contributed by atoms with E-state index in [1.807, 2.05) is 31.5 Å². The Morgan fingerprint density at radius 2 is 2.26 bits per heavy atom. The molecule has 1 saturated heterocycles. The molecular formula is C20H29N5O2. The summed E-state index contributed by atoms with van der Waals surface area (Å²) >= 11 is 0. The number of hydrogen-bond acceptors (Lipinski definition) is 4. The zero-order valence-electron chi connectivity index (χ0n) is 16.2. The van der Waals surface area contributed by atoms with Crippen molar-refractivity contribution in [3.05, 3.63) is 30.6 Å². The molecule has 1 aromatic heterocycles. The van der Waals surface area contributed by atoms with E-state index in [-0.39, 0.29) is 11.9 Å². The number of imidazole rings is 1. The van der Waals surface area contributed by atoms with Crippen molar-refractivity contribution in [3.8, 4) is 0 Å². The minimum Gasteiger partial charge on any atom is -0.466 e. The summed E-state index contributed by atoms with van der Waals surface area (Å²) in [5, 5.41) is 3.43. The Bertz CT molecular complexity index is 786. The van der Waals surface area contributed by atoms with E-state index in [1.165, 1.54) is 0 Å². The largest absolute Gasteiger partial charge is 0.466 e. The van der Waals surface area contributed by atoms with Crippen LogP contribution in [0.1, 0.15) is 26.2 Å². The van der Waals surface area contributed by atoms with E-state index in [0.29, 0.717) is 13.2 Å². The van der Waals surface area contributed by atoms with E-state index >= 15 is 0 Å². The van der Waals surface area contributed by atoms with Crippen molar-refractivity contribution in [1.29, 1.82) is 0 Å². The van der Waals surface area contributed by atoms with Gasteiger partial charge in [-0.2, -0.15) is 0 Å². The van der Waals surface area contributed by atoms with E-state index in [1.54, 1.807) is 7.05 Å².